The largest absolute Gasteiger partial charge is 0.355 e. The highest BCUT2D eigenvalue weighted by Crippen LogP contribution is 2.35. The molecular formula is C15H18N4S. The molecular weight excluding hydrogens is 268 g/mol. The molecule has 0 unspecified atom stereocenters. The van der Waals surface area contributed by atoms with Gasteiger partial charge >= 0.3 is 0 Å². The number of thiophene rings is 1. The number of aromatic nitrogens is 3. The standard InChI is InChI=1S/C15H18N4S/c1-3-8-19(9-4-2)14-13-12(17-10-18-14)11-6-5-7-16-15(11)20-13/h5-7,10H,3-4,8-9H2,1-2H3. The van der Waals surface area contributed by atoms with Gasteiger partial charge in [-0.15, -0.1) is 11.3 Å². The van der Waals surface area contributed by atoms with Crippen molar-refractivity contribution in [2.75, 3.05) is 18.0 Å². The van der Waals surface area contributed by atoms with Crippen LogP contribution in [0.2, 0.25) is 0 Å². The zero-order chi connectivity index (χ0) is 13.9. The van der Waals surface area contributed by atoms with Gasteiger partial charge in [0.25, 0.3) is 0 Å². The van der Waals surface area contributed by atoms with E-state index in [4.69, 9.17) is 0 Å². The second-order valence-corrected chi connectivity index (χ2v) is 5.82. The first kappa shape index (κ1) is 13.2. The van der Waals surface area contributed by atoms with Gasteiger partial charge in [0.05, 0.1) is 10.2 Å². The summed E-state index contributed by atoms with van der Waals surface area (Å²) in [5.41, 5.74) is 1.03. The molecule has 0 bridgehead atoms. The lowest BCUT2D eigenvalue weighted by Gasteiger charge is -2.22. The van der Waals surface area contributed by atoms with Crippen molar-refractivity contribution in [2.45, 2.75) is 26.7 Å². The molecule has 0 aliphatic carbocycles. The molecule has 0 aliphatic rings. The minimum absolute atomic E-state index is 1.03. The lowest BCUT2D eigenvalue weighted by Crippen LogP contribution is -2.25. The predicted octanol–water partition coefficient (Wildman–Crippen LogP) is 3.87. The quantitative estimate of drug-likeness (QED) is 0.714. The van der Waals surface area contributed by atoms with Crippen molar-refractivity contribution >= 4 is 37.6 Å². The Morgan fingerprint density at radius 2 is 1.90 bits per heavy atom. The van der Waals surface area contributed by atoms with Crippen LogP contribution in [0.25, 0.3) is 20.4 Å². The average Bonchev–Trinajstić information content (AvgIpc) is 2.85. The summed E-state index contributed by atoms with van der Waals surface area (Å²) in [6.45, 7) is 6.46. The summed E-state index contributed by atoms with van der Waals surface area (Å²) in [4.78, 5) is 16.8. The summed E-state index contributed by atoms with van der Waals surface area (Å²) in [5.74, 6) is 1.06. The third kappa shape index (κ3) is 2.22. The highest BCUT2D eigenvalue weighted by molar-refractivity contribution is 7.25. The molecule has 3 rings (SSSR count). The molecule has 0 aliphatic heterocycles. The van der Waals surface area contributed by atoms with Crippen molar-refractivity contribution in [3.05, 3.63) is 24.7 Å². The molecule has 20 heavy (non-hydrogen) atoms. The maximum Gasteiger partial charge on any atom is 0.150 e. The monoisotopic (exact) mass is 286 g/mol. The Morgan fingerprint density at radius 1 is 1.10 bits per heavy atom. The summed E-state index contributed by atoms with van der Waals surface area (Å²) in [6, 6.07) is 4.05. The summed E-state index contributed by atoms with van der Waals surface area (Å²) in [5, 5.41) is 1.13. The van der Waals surface area contributed by atoms with Crippen LogP contribution in [0.1, 0.15) is 26.7 Å². The zero-order valence-corrected chi connectivity index (χ0v) is 12.7. The molecule has 0 fully saturated rings. The van der Waals surface area contributed by atoms with E-state index in [0.29, 0.717) is 0 Å². The van der Waals surface area contributed by atoms with Crippen LogP contribution in [0.3, 0.4) is 0 Å². The van der Waals surface area contributed by atoms with Crippen molar-refractivity contribution in [2.24, 2.45) is 0 Å². The molecule has 3 aromatic heterocycles. The molecule has 3 aromatic rings. The first-order valence-electron chi connectivity index (χ1n) is 7.08. The molecule has 0 saturated heterocycles. The smallest absolute Gasteiger partial charge is 0.150 e. The van der Waals surface area contributed by atoms with Crippen molar-refractivity contribution in [1.29, 1.82) is 0 Å². The van der Waals surface area contributed by atoms with E-state index >= 15 is 0 Å². The predicted molar refractivity (Wildman–Crippen MR) is 85.5 cm³/mol. The molecule has 104 valence electrons. The summed E-state index contributed by atoms with van der Waals surface area (Å²) in [6.07, 6.45) is 5.75. The van der Waals surface area contributed by atoms with Gasteiger partial charge in [-0.3, -0.25) is 0 Å². The van der Waals surface area contributed by atoms with E-state index in [1.54, 1.807) is 17.7 Å². The van der Waals surface area contributed by atoms with Crippen molar-refractivity contribution in [1.82, 2.24) is 15.0 Å². The third-order valence-corrected chi connectivity index (χ3v) is 4.40. The lowest BCUT2D eigenvalue weighted by molar-refractivity contribution is 0.737. The van der Waals surface area contributed by atoms with Crippen LogP contribution in [0.5, 0.6) is 0 Å². The average molecular weight is 286 g/mol. The van der Waals surface area contributed by atoms with Crippen LogP contribution in [-0.4, -0.2) is 28.0 Å². The summed E-state index contributed by atoms with van der Waals surface area (Å²) < 4.78 is 1.16. The molecule has 3 heterocycles. The molecule has 0 radical (unpaired) electrons. The highest BCUT2D eigenvalue weighted by Gasteiger charge is 2.15. The van der Waals surface area contributed by atoms with E-state index < -0.39 is 0 Å². The normalized spacial score (nSPS) is 11.3. The van der Waals surface area contributed by atoms with Crippen LogP contribution in [0.15, 0.2) is 24.7 Å². The van der Waals surface area contributed by atoms with Gasteiger partial charge in [0.1, 0.15) is 17.0 Å². The SMILES string of the molecule is CCCN(CCC)c1ncnc2c1sc1ncccc12. The number of rotatable bonds is 5. The van der Waals surface area contributed by atoms with E-state index in [-0.39, 0.29) is 0 Å². The van der Waals surface area contributed by atoms with Crippen LogP contribution in [0, 0.1) is 0 Å². The van der Waals surface area contributed by atoms with Gasteiger partial charge in [-0.1, -0.05) is 13.8 Å². The Bertz CT molecular complexity index is 716. The first-order valence-corrected chi connectivity index (χ1v) is 7.90. The van der Waals surface area contributed by atoms with Crippen LogP contribution >= 0.6 is 11.3 Å². The molecule has 5 heteroatoms. The maximum absolute atomic E-state index is 4.54. The molecule has 0 saturated carbocycles. The molecule has 4 nitrogen and oxygen atoms in total. The fourth-order valence-electron chi connectivity index (χ4n) is 2.49. The van der Waals surface area contributed by atoms with E-state index in [2.05, 4.69) is 39.8 Å². The van der Waals surface area contributed by atoms with E-state index in [0.717, 1.165) is 52.2 Å². The summed E-state index contributed by atoms with van der Waals surface area (Å²) >= 11 is 1.69. The molecule has 0 aromatic carbocycles. The van der Waals surface area contributed by atoms with E-state index in [1.807, 2.05) is 12.3 Å². The number of hydrogen-bond donors (Lipinski definition) is 0. The lowest BCUT2D eigenvalue weighted by atomic mass is 10.3. The van der Waals surface area contributed by atoms with Gasteiger partial charge in [0, 0.05) is 24.7 Å². The van der Waals surface area contributed by atoms with Crippen molar-refractivity contribution in [3.8, 4) is 0 Å². The maximum atomic E-state index is 4.54. The second-order valence-electron chi connectivity index (χ2n) is 4.82. The topological polar surface area (TPSA) is 41.9 Å². The van der Waals surface area contributed by atoms with Crippen molar-refractivity contribution < 1.29 is 0 Å². The second kappa shape index (κ2) is 5.71. The highest BCUT2D eigenvalue weighted by atomic mass is 32.1. The van der Waals surface area contributed by atoms with Gasteiger partial charge in [-0.05, 0) is 25.0 Å². The third-order valence-electron chi connectivity index (χ3n) is 3.30. The van der Waals surface area contributed by atoms with Gasteiger partial charge in [-0.2, -0.15) is 0 Å². The summed E-state index contributed by atoms with van der Waals surface area (Å²) in [7, 11) is 0. The van der Waals surface area contributed by atoms with Gasteiger partial charge in [0.15, 0.2) is 0 Å². The number of fused-ring (bicyclic) bond motifs is 3. The molecule has 0 spiro atoms. The fourth-order valence-corrected chi connectivity index (χ4v) is 3.60. The first-order chi connectivity index (χ1) is 9.85. The van der Waals surface area contributed by atoms with E-state index in [9.17, 15) is 0 Å². The Balaban J connectivity index is 2.19. The number of nitrogens with zero attached hydrogens (tertiary/aromatic N) is 4. The number of pyridine rings is 1. The number of hydrogen-bond acceptors (Lipinski definition) is 5. The van der Waals surface area contributed by atoms with Gasteiger partial charge in [0.2, 0.25) is 0 Å². The Kier molecular flexibility index (Phi) is 3.78. The Labute approximate surface area is 122 Å². The number of anilines is 1. The molecule has 0 atom stereocenters. The van der Waals surface area contributed by atoms with Crippen LogP contribution in [-0.2, 0) is 0 Å². The van der Waals surface area contributed by atoms with Crippen LogP contribution < -0.4 is 4.90 Å². The van der Waals surface area contributed by atoms with E-state index in [1.165, 1.54) is 0 Å². The molecule has 0 N–H and O–H groups in total. The molecule has 0 amide bonds. The van der Waals surface area contributed by atoms with Crippen molar-refractivity contribution in [3.63, 3.8) is 0 Å². The van der Waals surface area contributed by atoms with Crippen LogP contribution in [0.4, 0.5) is 5.82 Å². The van der Waals surface area contributed by atoms with Gasteiger partial charge in [-0.25, -0.2) is 15.0 Å². The fraction of sp³-hybridized carbons (Fsp3) is 0.400. The van der Waals surface area contributed by atoms with Gasteiger partial charge < -0.3 is 4.90 Å². The Hall–Kier alpha value is -1.75. The minimum atomic E-state index is 1.03. The zero-order valence-electron chi connectivity index (χ0n) is 11.8. The Morgan fingerprint density at radius 3 is 2.65 bits per heavy atom. The minimum Gasteiger partial charge on any atom is -0.355 e.